The van der Waals surface area contributed by atoms with E-state index in [1.165, 1.54) is 0 Å². The van der Waals surface area contributed by atoms with Gasteiger partial charge >= 0.3 is 0 Å². The fourth-order valence-corrected chi connectivity index (χ4v) is 2.05. The molecule has 0 aliphatic heterocycles. The van der Waals surface area contributed by atoms with Gasteiger partial charge in [-0.05, 0) is 45.0 Å². The van der Waals surface area contributed by atoms with E-state index in [9.17, 15) is 4.79 Å². The summed E-state index contributed by atoms with van der Waals surface area (Å²) in [5.74, 6) is 0.148. The van der Waals surface area contributed by atoms with Gasteiger partial charge in [0.05, 0.1) is 29.2 Å². The van der Waals surface area contributed by atoms with Crippen molar-refractivity contribution in [2.45, 2.75) is 20.8 Å². The lowest BCUT2D eigenvalue weighted by atomic mass is 10.1. The number of rotatable bonds is 4. The van der Waals surface area contributed by atoms with Crippen LogP contribution in [0.25, 0.3) is 0 Å². The number of nitrogens with one attached hydrogen (secondary N) is 1. The van der Waals surface area contributed by atoms with Gasteiger partial charge in [0, 0.05) is 5.69 Å². The van der Waals surface area contributed by atoms with Crippen LogP contribution >= 0.6 is 0 Å². The number of aryl methyl sites for hydroxylation is 2. The Morgan fingerprint density at radius 2 is 2.05 bits per heavy atom. The summed E-state index contributed by atoms with van der Waals surface area (Å²) in [6.45, 7) is 6.05. The second kappa shape index (κ2) is 6.26. The van der Waals surface area contributed by atoms with Crippen LogP contribution in [0.4, 0.5) is 11.4 Å². The predicted octanol–water partition coefficient (Wildman–Crippen LogP) is 2.93. The minimum absolute atomic E-state index is 0.264. The maximum atomic E-state index is 12.4. The van der Waals surface area contributed by atoms with E-state index in [1.807, 2.05) is 32.9 Å². The second-order valence-corrected chi connectivity index (χ2v) is 4.70. The van der Waals surface area contributed by atoms with Crippen LogP contribution in [0.3, 0.4) is 0 Å². The average Bonchev–Trinajstić information content (AvgIpc) is 2.44. The minimum Gasteiger partial charge on any atom is -0.491 e. The Balaban J connectivity index is 2.30. The van der Waals surface area contributed by atoms with Crippen LogP contribution in [-0.4, -0.2) is 17.5 Å². The number of anilines is 2. The van der Waals surface area contributed by atoms with Gasteiger partial charge < -0.3 is 15.8 Å². The molecule has 0 saturated heterocycles. The number of para-hydroxylation sites is 1. The molecule has 0 aliphatic rings. The van der Waals surface area contributed by atoms with Crippen LogP contribution in [0.2, 0.25) is 0 Å². The number of nitrogens with two attached hydrogens (primary N) is 1. The summed E-state index contributed by atoms with van der Waals surface area (Å²) in [5, 5.41) is 2.84. The summed E-state index contributed by atoms with van der Waals surface area (Å²) in [7, 11) is 0. The number of nitrogens with zero attached hydrogens (tertiary/aromatic N) is 1. The molecule has 3 N–H and O–H groups in total. The smallest absolute Gasteiger partial charge is 0.259 e. The largest absolute Gasteiger partial charge is 0.491 e. The second-order valence-electron chi connectivity index (χ2n) is 4.70. The fraction of sp³-hybridized carbons (Fsp3) is 0.250. The lowest BCUT2D eigenvalue weighted by Gasteiger charge is -2.13. The molecule has 1 aromatic carbocycles. The SMILES string of the molecule is CCOc1c(N)cccc1C(=O)Nc1ccc(C)nc1C. The number of hydrogen-bond donors (Lipinski definition) is 2. The van der Waals surface area contributed by atoms with E-state index in [0.29, 0.717) is 29.3 Å². The summed E-state index contributed by atoms with van der Waals surface area (Å²) in [6.07, 6.45) is 0. The molecule has 0 aliphatic carbocycles. The van der Waals surface area contributed by atoms with E-state index < -0.39 is 0 Å². The first-order valence-corrected chi connectivity index (χ1v) is 6.79. The highest BCUT2D eigenvalue weighted by atomic mass is 16.5. The molecule has 5 heteroatoms. The van der Waals surface area contributed by atoms with E-state index >= 15 is 0 Å². The summed E-state index contributed by atoms with van der Waals surface area (Å²) in [5.41, 5.74) is 9.08. The number of pyridine rings is 1. The molecule has 0 radical (unpaired) electrons. The summed E-state index contributed by atoms with van der Waals surface area (Å²) >= 11 is 0. The molecule has 0 bridgehead atoms. The number of nitrogen functional groups attached to an aromatic ring is 1. The molecular formula is C16H19N3O2. The summed E-state index contributed by atoms with van der Waals surface area (Å²) in [6, 6.07) is 8.81. The van der Waals surface area contributed by atoms with Gasteiger partial charge in [0.15, 0.2) is 5.75 Å². The normalized spacial score (nSPS) is 10.2. The van der Waals surface area contributed by atoms with Gasteiger partial charge in [0.1, 0.15) is 0 Å². The van der Waals surface area contributed by atoms with Crippen molar-refractivity contribution in [3.63, 3.8) is 0 Å². The highest BCUT2D eigenvalue weighted by molar-refractivity contribution is 6.07. The zero-order valence-electron chi connectivity index (χ0n) is 12.4. The van der Waals surface area contributed by atoms with Crippen LogP contribution < -0.4 is 15.8 Å². The van der Waals surface area contributed by atoms with Crippen molar-refractivity contribution >= 4 is 17.3 Å². The molecule has 0 unspecified atom stereocenters. The standard InChI is InChI=1S/C16H19N3O2/c1-4-21-15-12(6-5-7-13(15)17)16(20)19-14-9-8-10(2)18-11(14)3/h5-9H,4,17H2,1-3H3,(H,19,20). The number of amides is 1. The van der Waals surface area contributed by atoms with Crippen LogP contribution in [0.1, 0.15) is 28.7 Å². The van der Waals surface area contributed by atoms with Crippen molar-refractivity contribution < 1.29 is 9.53 Å². The van der Waals surface area contributed by atoms with E-state index in [-0.39, 0.29) is 5.91 Å². The van der Waals surface area contributed by atoms with Crippen molar-refractivity contribution in [3.8, 4) is 5.75 Å². The Bertz CT molecular complexity index is 669. The molecule has 5 nitrogen and oxygen atoms in total. The number of carbonyl (C=O) groups excluding carboxylic acids is 1. The molecule has 110 valence electrons. The molecule has 1 aromatic heterocycles. The van der Waals surface area contributed by atoms with Crippen molar-refractivity contribution in [3.05, 3.63) is 47.3 Å². The van der Waals surface area contributed by atoms with E-state index in [2.05, 4.69) is 10.3 Å². The number of aromatic nitrogens is 1. The Kier molecular flexibility index (Phi) is 4.42. The van der Waals surface area contributed by atoms with Crippen LogP contribution in [0.15, 0.2) is 30.3 Å². The van der Waals surface area contributed by atoms with E-state index in [0.717, 1.165) is 11.4 Å². The summed E-state index contributed by atoms with van der Waals surface area (Å²) < 4.78 is 5.47. The maximum Gasteiger partial charge on any atom is 0.259 e. The first kappa shape index (κ1) is 14.8. The Morgan fingerprint density at radius 1 is 1.29 bits per heavy atom. The van der Waals surface area contributed by atoms with Gasteiger partial charge in [0.2, 0.25) is 0 Å². The van der Waals surface area contributed by atoms with Gasteiger partial charge in [0.25, 0.3) is 5.91 Å². The topological polar surface area (TPSA) is 77.2 Å². The third kappa shape index (κ3) is 3.31. The molecule has 0 fully saturated rings. The molecule has 2 rings (SSSR count). The number of hydrogen-bond acceptors (Lipinski definition) is 4. The highest BCUT2D eigenvalue weighted by Gasteiger charge is 2.16. The van der Waals surface area contributed by atoms with Crippen LogP contribution in [-0.2, 0) is 0 Å². The molecule has 0 saturated carbocycles. The van der Waals surface area contributed by atoms with Gasteiger partial charge in [-0.3, -0.25) is 9.78 Å². The van der Waals surface area contributed by atoms with Crippen molar-refractivity contribution in [2.75, 3.05) is 17.7 Å². The lowest BCUT2D eigenvalue weighted by molar-refractivity contribution is 0.102. The fourth-order valence-electron chi connectivity index (χ4n) is 2.05. The third-order valence-corrected chi connectivity index (χ3v) is 3.05. The molecule has 21 heavy (non-hydrogen) atoms. The molecule has 2 aromatic rings. The maximum absolute atomic E-state index is 12.4. The first-order chi connectivity index (χ1) is 10.0. The molecule has 1 heterocycles. The monoisotopic (exact) mass is 285 g/mol. The van der Waals surface area contributed by atoms with Crippen molar-refractivity contribution in [1.29, 1.82) is 0 Å². The Hall–Kier alpha value is -2.56. The third-order valence-electron chi connectivity index (χ3n) is 3.05. The van der Waals surface area contributed by atoms with E-state index in [1.54, 1.807) is 18.2 Å². The van der Waals surface area contributed by atoms with Gasteiger partial charge in [-0.1, -0.05) is 6.07 Å². The Labute approximate surface area is 124 Å². The van der Waals surface area contributed by atoms with Gasteiger partial charge in [-0.2, -0.15) is 0 Å². The van der Waals surface area contributed by atoms with Crippen LogP contribution in [0, 0.1) is 13.8 Å². The zero-order valence-corrected chi connectivity index (χ0v) is 12.4. The molecule has 1 amide bonds. The van der Waals surface area contributed by atoms with Gasteiger partial charge in [-0.15, -0.1) is 0 Å². The number of carbonyl (C=O) groups is 1. The highest BCUT2D eigenvalue weighted by Crippen LogP contribution is 2.27. The van der Waals surface area contributed by atoms with Crippen molar-refractivity contribution in [2.24, 2.45) is 0 Å². The first-order valence-electron chi connectivity index (χ1n) is 6.79. The Morgan fingerprint density at radius 3 is 2.71 bits per heavy atom. The minimum atomic E-state index is -0.264. The molecule has 0 spiro atoms. The zero-order chi connectivity index (χ0) is 15.4. The predicted molar refractivity (Wildman–Crippen MR) is 83.7 cm³/mol. The van der Waals surface area contributed by atoms with E-state index in [4.69, 9.17) is 10.5 Å². The lowest BCUT2D eigenvalue weighted by Crippen LogP contribution is -2.15. The average molecular weight is 285 g/mol. The quantitative estimate of drug-likeness (QED) is 0.847. The molecule has 0 atom stereocenters. The molecular weight excluding hydrogens is 266 g/mol. The number of benzene rings is 1. The number of ether oxygens (including phenoxy) is 1. The van der Waals surface area contributed by atoms with Crippen molar-refractivity contribution in [1.82, 2.24) is 4.98 Å². The van der Waals surface area contributed by atoms with Gasteiger partial charge in [-0.25, -0.2) is 0 Å². The summed E-state index contributed by atoms with van der Waals surface area (Å²) in [4.78, 5) is 16.8. The van der Waals surface area contributed by atoms with Crippen LogP contribution in [0.5, 0.6) is 5.75 Å².